The quantitative estimate of drug-likeness (QED) is 0.197. The van der Waals surface area contributed by atoms with Crippen molar-refractivity contribution < 1.29 is 4.79 Å². The van der Waals surface area contributed by atoms with Gasteiger partial charge in [-0.1, -0.05) is 104 Å². The third-order valence-corrected chi connectivity index (χ3v) is 4.80. The molecule has 0 fully saturated rings. The summed E-state index contributed by atoms with van der Waals surface area (Å²) in [6.45, 7) is 9.99. The minimum Gasteiger partial charge on any atom is -0.339 e. The Labute approximate surface area is 152 Å². The molecule has 0 saturated carbocycles. The summed E-state index contributed by atoms with van der Waals surface area (Å²) in [6.07, 6.45) is 21.1. The minimum atomic E-state index is 0.115. The lowest BCUT2D eigenvalue weighted by Gasteiger charge is -2.21. The van der Waals surface area contributed by atoms with Crippen LogP contribution in [0.4, 0.5) is 0 Å². The third-order valence-electron chi connectivity index (χ3n) is 4.80. The van der Waals surface area contributed by atoms with E-state index < -0.39 is 0 Å². The van der Waals surface area contributed by atoms with Gasteiger partial charge in [0.05, 0.1) is 0 Å². The molecule has 0 heterocycles. The van der Waals surface area contributed by atoms with Crippen molar-refractivity contribution in [3.63, 3.8) is 0 Å². The molecule has 0 saturated heterocycles. The van der Waals surface area contributed by atoms with E-state index in [0.717, 1.165) is 25.9 Å². The molecular weight excluding hydrogens is 294 g/mol. The number of carbonyl (C=O) groups is 1. The van der Waals surface area contributed by atoms with Crippen molar-refractivity contribution >= 4 is 5.91 Å². The van der Waals surface area contributed by atoms with Crippen molar-refractivity contribution in [2.45, 2.75) is 110 Å². The third kappa shape index (κ3) is 14.8. The van der Waals surface area contributed by atoms with Gasteiger partial charge in [-0.15, -0.1) is 0 Å². The Morgan fingerprint density at radius 2 is 1.00 bits per heavy atom. The van der Waals surface area contributed by atoms with Gasteiger partial charge in [-0.3, -0.25) is 4.79 Å². The predicted molar refractivity (Wildman–Crippen MR) is 107 cm³/mol. The number of hydrogen-bond acceptors (Lipinski definition) is 1. The van der Waals surface area contributed by atoms with Gasteiger partial charge in [-0.2, -0.15) is 0 Å². The Bertz CT molecular complexity index is 288. The second-order valence-electron chi connectivity index (χ2n) is 7.13. The van der Waals surface area contributed by atoms with Crippen LogP contribution in [0.2, 0.25) is 0 Å². The second-order valence-corrected chi connectivity index (χ2v) is 7.13. The van der Waals surface area contributed by atoms with Gasteiger partial charge >= 0.3 is 0 Å². The summed E-state index contributed by atoms with van der Waals surface area (Å²) in [7, 11) is 0. The first-order chi connectivity index (χ1) is 11.8. The van der Waals surface area contributed by atoms with Gasteiger partial charge in [0.25, 0.3) is 0 Å². The molecule has 0 aromatic heterocycles. The molecule has 0 aliphatic carbocycles. The molecule has 1 amide bonds. The van der Waals surface area contributed by atoms with Crippen LogP contribution in [0.15, 0.2) is 12.7 Å². The average Bonchev–Trinajstić information content (AvgIpc) is 2.60. The molecule has 24 heavy (non-hydrogen) atoms. The predicted octanol–water partition coefficient (Wildman–Crippen LogP) is 6.89. The number of carbonyl (C=O) groups excluding carboxylic acids is 1. The fourth-order valence-electron chi connectivity index (χ4n) is 3.16. The largest absolute Gasteiger partial charge is 0.339 e. The Hall–Kier alpha value is -0.790. The molecule has 0 spiro atoms. The van der Waals surface area contributed by atoms with Crippen LogP contribution in [0.3, 0.4) is 0 Å². The number of unbranched alkanes of at least 4 members (excludes halogenated alkanes) is 13. The van der Waals surface area contributed by atoms with E-state index in [9.17, 15) is 4.79 Å². The summed E-state index contributed by atoms with van der Waals surface area (Å²) in [4.78, 5) is 14.0. The first-order valence-electron chi connectivity index (χ1n) is 10.7. The molecule has 2 heteroatoms. The zero-order valence-corrected chi connectivity index (χ0v) is 16.7. The maximum absolute atomic E-state index is 12.0. The molecule has 0 aromatic rings. The fourth-order valence-corrected chi connectivity index (χ4v) is 3.16. The molecule has 0 aliphatic heterocycles. The number of amides is 1. The van der Waals surface area contributed by atoms with Crippen LogP contribution in [0.1, 0.15) is 110 Å². The van der Waals surface area contributed by atoms with Crippen molar-refractivity contribution in [3.05, 3.63) is 12.7 Å². The first-order valence-corrected chi connectivity index (χ1v) is 10.7. The van der Waals surface area contributed by atoms with Crippen LogP contribution in [0.5, 0.6) is 0 Å². The van der Waals surface area contributed by atoms with E-state index in [0.29, 0.717) is 0 Å². The standard InChI is InChI=1S/C22H43NO/c1-4-7-9-11-13-15-17-19-21-23(22(24)6-3)20-18-16-14-12-10-8-5-2/h6H,3-5,7-21H2,1-2H3. The zero-order chi connectivity index (χ0) is 17.9. The Morgan fingerprint density at radius 1 is 0.667 bits per heavy atom. The maximum Gasteiger partial charge on any atom is 0.245 e. The lowest BCUT2D eigenvalue weighted by atomic mass is 10.1. The molecule has 142 valence electrons. The normalized spacial score (nSPS) is 10.8. The Morgan fingerprint density at radius 3 is 1.33 bits per heavy atom. The molecule has 0 radical (unpaired) electrons. The van der Waals surface area contributed by atoms with Crippen molar-refractivity contribution in [2.24, 2.45) is 0 Å². The van der Waals surface area contributed by atoms with E-state index in [-0.39, 0.29) is 5.91 Å². The van der Waals surface area contributed by atoms with Crippen LogP contribution >= 0.6 is 0 Å². The fraction of sp³-hybridized carbons (Fsp3) is 0.864. The van der Waals surface area contributed by atoms with E-state index in [1.165, 1.54) is 89.5 Å². The maximum atomic E-state index is 12.0. The number of nitrogens with zero attached hydrogens (tertiary/aromatic N) is 1. The Balaban J connectivity index is 3.67. The van der Waals surface area contributed by atoms with Crippen molar-refractivity contribution in [1.29, 1.82) is 0 Å². The molecule has 0 rings (SSSR count). The second kappa shape index (κ2) is 18.5. The van der Waals surface area contributed by atoms with Crippen LogP contribution in [0.25, 0.3) is 0 Å². The summed E-state index contributed by atoms with van der Waals surface area (Å²) < 4.78 is 0. The van der Waals surface area contributed by atoms with E-state index in [4.69, 9.17) is 0 Å². The highest BCUT2D eigenvalue weighted by atomic mass is 16.2. The number of hydrogen-bond donors (Lipinski definition) is 0. The van der Waals surface area contributed by atoms with Gasteiger partial charge in [0.2, 0.25) is 5.91 Å². The SMILES string of the molecule is C=CC(=O)N(CCCCCCCCC)CCCCCCCCCC. The Kier molecular flexibility index (Phi) is 17.9. The molecule has 0 atom stereocenters. The summed E-state index contributed by atoms with van der Waals surface area (Å²) >= 11 is 0. The van der Waals surface area contributed by atoms with Gasteiger partial charge < -0.3 is 4.90 Å². The van der Waals surface area contributed by atoms with Crippen molar-refractivity contribution in [3.8, 4) is 0 Å². The first kappa shape index (κ1) is 23.2. The van der Waals surface area contributed by atoms with Gasteiger partial charge in [0.15, 0.2) is 0 Å². The molecule has 0 bridgehead atoms. The van der Waals surface area contributed by atoms with Crippen LogP contribution < -0.4 is 0 Å². The summed E-state index contributed by atoms with van der Waals surface area (Å²) in [6, 6.07) is 0. The smallest absolute Gasteiger partial charge is 0.245 e. The molecular formula is C22H43NO. The van der Waals surface area contributed by atoms with Crippen molar-refractivity contribution in [1.82, 2.24) is 4.90 Å². The minimum absolute atomic E-state index is 0.115. The van der Waals surface area contributed by atoms with Gasteiger partial charge in [-0.25, -0.2) is 0 Å². The highest BCUT2D eigenvalue weighted by Gasteiger charge is 2.09. The van der Waals surface area contributed by atoms with E-state index in [1.54, 1.807) is 0 Å². The van der Waals surface area contributed by atoms with Gasteiger partial charge in [0, 0.05) is 13.1 Å². The van der Waals surface area contributed by atoms with E-state index in [1.807, 2.05) is 4.90 Å². The summed E-state index contributed by atoms with van der Waals surface area (Å²) in [5.41, 5.74) is 0. The van der Waals surface area contributed by atoms with Crippen LogP contribution in [-0.4, -0.2) is 23.9 Å². The van der Waals surface area contributed by atoms with Crippen LogP contribution in [-0.2, 0) is 4.79 Å². The van der Waals surface area contributed by atoms with Crippen LogP contribution in [0, 0.1) is 0 Å². The average molecular weight is 338 g/mol. The molecule has 0 unspecified atom stereocenters. The monoisotopic (exact) mass is 337 g/mol. The van der Waals surface area contributed by atoms with E-state index >= 15 is 0 Å². The highest BCUT2D eigenvalue weighted by molar-refractivity contribution is 5.86. The zero-order valence-electron chi connectivity index (χ0n) is 16.7. The molecule has 0 N–H and O–H groups in total. The summed E-state index contributed by atoms with van der Waals surface area (Å²) in [5.74, 6) is 0.115. The lowest BCUT2D eigenvalue weighted by Crippen LogP contribution is -2.31. The van der Waals surface area contributed by atoms with E-state index in [2.05, 4.69) is 20.4 Å². The topological polar surface area (TPSA) is 20.3 Å². The molecule has 2 nitrogen and oxygen atoms in total. The summed E-state index contributed by atoms with van der Waals surface area (Å²) in [5, 5.41) is 0. The molecule has 0 aromatic carbocycles. The lowest BCUT2D eigenvalue weighted by molar-refractivity contribution is -0.126. The number of rotatable bonds is 18. The highest BCUT2D eigenvalue weighted by Crippen LogP contribution is 2.11. The van der Waals surface area contributed by atoms with Crippen molar-refractivity contribution in [2.75, 3.05) is 13.1 Å². The van der Waals surface area contributed by atoms with Gasteiger partial charge in [-0.05, 0) is 18.9 Å². The van der Waals surface area contributed by atoms with Gasteiger partial charge in [0.1, 0.15) is 0 Å². The molecule has 0 aliphatic rings.